The van der Waals surface area contributed by atoms with E-state index in [9.17, 15) is 4.79 Å². The van der Waals surface area contributed by atoms with Crippen LogP contribution >= 0.6 is 0 Å². The molecule has 0 N–H and O–H groups in total. The van der Waals surface area contributed by atoms with Crippen LogP contribution in [-0.2, 0) is 7.05 Å². The second-order valence-electron chi connectivity index (χ2n) is 5.72. The average Bonchev–Trinajstić information content (AvgIpc) is 3.04. The van der Waals surface area contributed by atoms with Gasteiger partial charge in [0, 0.05) is 24.7 Å². The lowest BCUT2D eigenvalue weighted by atomic mass is 10.0. The van der Waals surface area contributed by atoms with Crippen LogP contribution in [-0.4, -0.2) is 27.8 Å². The molecule has 1 aliphatic rings. The molecule has 4 heteroatoms. The van der Waals surface area contributed by atoms with Crippen LogP contribution < -0.4 is 5.56 Å². The van der Waals surface area contributed by atoms with E-state index in [1.807, 2.05) is 6.07 Å². The molecule has 0 amide bonds. The van der Waals surface area contributed by atoms with Crippen LogP contribution in [0.4, 0.5) is 0 Å². The molecule has 0 unspecified atom stereocenters. The van der Waals surface area contributed by atoms with E-state index in [1.165, 1.54) is 36.2 Å². The molecular formula is C17H21N3O. The van der Waals surface area contributed by atoms with E-state index in [4.69, 9.17) is 0 Å². The van der Waals surface area contributed by atoms with Crippen molar-refractivity contribution in [2.45, 2.75) is 25.8 Å². The van der Waals surface area contributed by atoms with Gasteiger partial charge in [-0.1, -0.05) is 18.2 Å². The Bertz CT molecular complexity index is 686. The zero-order valence-corrected chi connectivity index (χ0v) is 12.6. The lowest BCUT2D eigenvalue weighted by Gasteiger charge is -2.24. The predicted octanol–water partition coefficient (Wildman–Crippen LogP) is 2.60. The molecule has 0 radical (unpaired) electrons. The highest BCUT2D eigenvalue weighted by molar-refractivity contribution is 5.59. The van der Waals surface area contributed by atoms with E-state index in [0.717, 1.165) is 11.3 Å². The maximum atomic E-state index is 11.4. The quantitative estimate of drug-likeness (QED) is 0.869. The van der Waals surface area contributed by atoms with Gasteiger partial charge in [-0.05, 0) is 50.6 Å². The predicted molar refractivity (Wildman–Crippen MR) is 84.1 cm³/mol. The summed E-state index contributed by atoms with van der Waals surface area (Å²) < 4.78 is 1.38. The number of likely N-dealkylation sites (tertiary alicyclic amines) is 1. The van der Waals surface area contributed by atoms with Gasteiger partial charge in [0.1, 0.15) is 0 Å². The van der Waals surface area contributed by atoms with Gasteiger partial charge in [-0.15, -0.1) is 0 Å². The third-order valence-electron chi connectivity index (χ3n) is 4.31. The van der Waals surface area contributed by atoms with Crippen LogP contribution in [0, 0.1) is 0 Å². The van der Waals surface area contributed by atoms with E-state index in [0.29, 0.717) is 6.04 Å². The van der Waals surface area contributed by atoms with Crippen molar-refractivity contribution in [3.05, 3.63) is 52.3 Å². The van der Waals surface area contributed by atoms with Crippen LogP contribution in [0.2, 0.25) is 0 Å². The summed E-state index contributed by atoms with van der Waals surface area (Å²) >= 11 is 0. The van der Waals surface area contributed by atoms with Crippen molar-refractivity contribution in [1.29, 1.82) is 0 Å². The van der Waals surface area contributed by atoms with Crippen molar-refractivity contribution in [2.75, 3.05) is 13.1 Å². The first-order valence-electron chi connectivity index (χ1n) is 7.54. The van der Waals surface area contributed by atoms with Crippen molar-refractivity contribution < 1.29 is 0 Å². The summed E-state index contributed by atoms with van der Waals surface area (Å²) in [6.07, 6.45) is 2.60. The van der Waals surface area contributed by atoms with Gasteiger partial charge >= 0.3 is 0 Å². The third kappa shape index (κ3) is 2.90. The summed E-state index contributed by atoms with van der Waals surface area (Å²) in [5, 5.41) is 4.33. The van der Waals surface area contributed by atoms with Crippen molar-refractivity contribution in [1.82, 2.24) is 14.7 Å². The second-order valence-corrected chi connectivity index (χ2v) is 5.72. The van der Waals surface area contributed by atoms with Gasteiger partial charge in [0.25, 0.3) is 5.56 Å². The molecule has 1 aromatic carbocycles. The summed E-state index contributed by atoms with van der Waals surface area (Å²) in [5.41, 5.74) is 3.13. The molecule has 1 atom stereocenters. The van der Waals surface area contributed by atoms with Gasteiger partial charge in [0.2, 0.25) is 0 Å². The van der Waals surface area contributed by atoms with Crippen molar-refractivity contribution in [3.63, 3.8) is 0 Å². The van der Waals surface area contributed by atoms with Gasteiger partial charge in [0.15, 0.2) is 0 Å². The lowest BCUT2D eigenvalue weighted by molar-refractivity contribution is 0.263. The minimum Gasteiger partial charge on any atom is -0.297 e. The standard InChI is InChI=1S/C17H21N3O/c1-13(20-10-3-4-11-20)14-6-5-7-15(12-14)16-8-9-17(21)19(2)18-16/h5-9,12-13H,3-4,10-11H2,1-2H3/t13-/m0/s1. The molecule has 0 spiro atoms. The summed E-state index contributed by atoms with van der Waals surface area (Å²) in [7, 11) is 1.68. The number of aromatic nitrogens is 2. The Hall–Kier alpha value is -1.94. The van der Waals surface area contributed by atoms with Gasteiger partial charge < -0.3 is 0 Å². The SMILES string of the molecule is C[C@@H](c1cccc(-c2ccc(=O)n(C)n2)c1)N1CCCC1. The minimum absolute atomic E-state index is 0.0830. The molecule has 2 aromatic rings. The molecule has 2 heterocycles. The Morgan fingerprint density at radius 2 is 1.90 bits per heavy atom. The minimum atomic E-state index is -0.0830. The van der Waals surface area contributed by atoms with E-state index < -0.39 is 0 Å². The van der Waals surface area contributed by atoms with Crippen LogP contribution in [0.3, 0.4) is 0 Å². The summed E-state index contributed by atoms with van der Waals surface area (Å²) in [4.78, 5) is 14.0. The van der Waals surface area contributed by atoms with Gasteiger partial charge in [-0.3, -0.25) is 9.69 Å². The molecule has 0 saturated carbocycles. The van der Waals surface area contributed by atoms with E-state index in [1.54, 1.807) is 19.2 Å². The van der Waals surface area contributed by atoms with Crippen LogP contribution in [0.5, 0.6) is 0 Å². The highest BCUT2D eigenvalue weighted by atomic mass is 16.1. The van der Waals surface area contributed by atoms with Crippen LogP contribution in [0.15, 0.2) is 41.2 Å². The van der Waals surface area contributed by atoms with E-state index in [-0.39, 0.29) is 5.56 Å². The number of rotatable bonds is 3. The largest absolute Gasteiger partial charge is 0.297 e. The molecule has 0 aliphatic carbocycles. The molecule has 110 valence electrons. The number of nitrogens with zero attached hydrogens (tertiary/aromatic N) is 3. The molecule has 3 rings (SSSR count). The molecule has 1 aromatic heterocycles. The summed E-state index contributed by atoms with van der Waals surface area (Å²) in [6, 6.07) is 12.3. The van der Waals surface area contributed by atoms with E-state index in [2.05, 4.69) is 35.1 Å². The van der Waals surface area contributed by atoms with Crippen LogP contribution in [0.1, 0.15) is 31.4 Å². The first kappa shape index (κ1) is 14.0. The zero-order valence-electron chi connectivity index (χ0n) is 12.6. The second kappa shape index (κ2) is 5.82. The average molecular weight is 283 g/mol. The summed E-state index contributed by atoms with van der Waals surface area (Å²) in [6.45, 7) is 4.63. The maximum absolute atomic E-state index is 11.4. The monoisotopic (exact) mass is 283 g/mol. The number of aryl methyl sites for hydroxylation is 1. The molecule has 21 heavy (non-hydrogen) atoms. The fourth-order valence-corrected chi connectivity index (χ4v) is 2.95. The lowest BCUT2D eigenvalue weighted by Crippen LogP contribution is -2.23. The molecule has 0 bridgehead atoms. The fraction of sp³-hybridized carbons (Fsp3) is 0.412. The molecule has 1 fully saturated rings. The normalized spacial score (nSPS) is 17.0. The smallest absolute Gasteiger partial charge is 0.266 e. The Labute approximate surface area is 125 Å². The van der Waals surface area contributed by atoms with Crippen molar-refractivity contribution in [3.8, 4) is 11.3 Å². The highest BCUT2D eigenvalue weighted by Crippen LogP contribution is 2.27. The fourth-order valence-electron chi connectivity index (χ4n) is 2.95. The number of hydrogen-bond donors (Lipinski definition) is 0. The van der Waals surface area contributed by atoms with Crippen LogP contribution in [0.25, 0.3) is 11.3 Å². The Morgan fingerprint density at radius 3 is 2.62 bits per heavy atom. The number of benzene rings is 1. The van der Waals surface area contributed by atoms with Gasteiger partial charge in [0.05, 0.1) is 5.69 Å². The maximum Gasteiger partial charge on any atom is 0.266 e. The van der Waals surface area contributed by atoms with Crippen molar-refractivity contribution >= 4 is 0 Å². The van der Waals surface area contributed by atoms with E-state index >= 15 is 0 Å². The Kier molecular flexibility index (Phi) is 3.88. The highest BCUT2D eigenvalue weighted by Gasteiger charge is 2.19. The van der Waals surface area contributed by atoms with Gasteiger partial charge in [-0.2, -0.15) is 5.10 Å². The zero-order chi connectivity index (χ0) is 14.8. The molecular weight excluding hydrogens is 262 g/mol. The van der Waals surface area contributed by atoms with Crippen molar-refractivity contribution in [2.24, 2.45) is 7.05 Å². The third-order valence-corrected chi connectivity index (χ3v) is 4.31. The molecule has 4 nitrogen and oxygen atoms in total. The van der Waals surface area contributed by atoms with Gasteiger partial charge in [-0.25, -0.2) is 4.68 Å². The molecule has 1 saturated heterocycles. The Balaban J connectivity index is 1.91. The number of hydrogen-bond acceptors (Lipinski definition) is 3. The molecule has 1 aliphatic heterocycles. The topological polar surface area (TPSA) is 38.1 Å². The summed E-state index contributed by atoms with van der Waals surface area (Å²) in [5.74, 6) is 0. The first-order chi connectivity index (χ1) is 10.1. The first-order valence-corrected chi connectivity index (χ1v) is 7.54. The Morgan fingerprint density at radius 1 is 1.14 bits per heavy atom.